The van der Waals surface area contributed by atoms with Crippen molar-refractivity contribution in [2.75, 3.05) is 6.61 Å². The molecule has 0 unspecified atom stereocenters. The maximum atomic E-state index is 11.0. The molecular formula is C8H8O4. The van der Waals surface area contributed by atoms with Crippen LogP contribution in [-0.2, 0) is 14.3 Å². The van der Waals surface area contributed by atoms with E-state index in [9.17, 15) is 14.7 Å². The molecule has 0 amide bonds. The molecule has 0 aromatic heterocycles. The highest BCUT2D eigenvalue weighted by atomic mass is 16.5. The number of ketones is 1. The summed E-state index contributed by atoms with van der Waals surface area (Å²) in [4.78, 5) is 21.9. The third-order valence-corrected chi connectivity index (χ3v) is 2.04. The van der Waals surface area contributed by atoms with E-state index < -0.39 is 11.8 Å². The smallest absolute Gasteiger partial charge is 0.345 e. The van der Waals surface area contributed by atoms with Crippen LogP contribution in [0.15, 0.2) is 11.3 Å². The maximum Gasteiger partial charge on any atom is 0.345 e. The van der Waals surface area contributed by atoms with Gasteiger partial charge in [-0.2, -0.15) is 0 Å². The standard InChI is InChI=1S/C8H8O4/c9-5-3-12-8(11)6(5)7(10)4-1-2-4/h4,10H,1-3H2/b7-6+. The second kappa shape index (κ2) is 2.33. The van der Waals surface area contributed by atoms with Gasteiger partial charge in [0.05, 0.1) is 0 Å². The van der Waals surface area contributed by atoms with Crippen LogP contribution in [0.25, 0.3) is 0 Å². The summed E-state index contributed by atoms with van der Waals surface area (Å²) < 4.78 is 4.47. The quantitative estimate of drug-likeness (QED) is 0.265. The molecule has 2 rings (SSSR count). The summed E-state index contributed by atoms with van der Waals surface area (Å²) in [5.74, 6) is -1.12. The number of aliphatic hydroxyl groups excluding tert-OH is 1. The first-order valence-electron chi connectivity index (χ1n) is 3.83. The third-order valence-electron chi connectivity index (χ3n) is 2.04. The lowest BCUT2D eigenvalue weighted by atomic mass is 10.1. The van der Waals surface area contributed by atoms with Gasteiger partial charge >= 0.3 is 5.97 Å². The zero-order chi connectivity index (χ0) is 8.72. The predicted octanol–water partition coefficient (Wildman–Crippen LogP) is 0.334. The molecule has 4 nitrogen and oxygen atoms in total. The summed E-state index contributed by atoms with van der Waals surface area (Å²) in [7, 11) is 0. The molecule has 2 fully saturated rings. The lowest BCUT2D eigenvalue weighted by Crippen LogP contribution is -2.06. The largest absolute Gasteiger partial charge is 0.511 e. The second-order valence-electron chi connectivity index (χ2n) is 3.03. The Balaban J connectivity index is 2.34. The maximum absolute atomic E-state index is 11.0. The number of hydrogen-bond acceptors (Lipinski definition) is 4. The van der Waals surface area contributed by atoms with Gasteiger partial charge in [0, 0.05) is 5.92 Å². The van der Waals surface area contributed by atoms with E-state index in [-0.39, 0.29) is 23.9 Å². The summed E-state index contributed by atoms with van der Waals surface area (Å²) in [6, 6.07) is 0. The molecule has 12 heavy (non-hydrogen) atoms. The van der Waals surface area contributed by atoms with Crippen molar-refractivity contribution in [1.29, 1.82) is 0 Å². The molecule has 4 heteroatoms. The zero-order valence-electron chi connectivity index (χ0n) is 6.37. The fraction of sp³-hybridized carbons (Fsp3) is 0.500. The minimum Gasteiger partial charge on any atom is -0.511 e. The van der Waals surface area contributed by atoms with E-state index in [4.69, 9.17) is 0 Å². The Bertz CT molecular complexity index is 267. The number of carbonyl (C=O) groups excluding carboxylic acids is 2. The van der Waals surface area contributed by atoms with Crippen LogP contribution in [0.3, 0.4) is 0 Å². The first kappa shape index (κ1) is 7.34. The minimum absolute atomic E-state index is 0.0228. The van der Waals surface area contributed by atoms with Gasteiger partial charge in [-0.05, 0) is 12.8 Å². The Hall–Kier alpha value is -1.32. The van der Waals surface area contributed by atoms with E-state index in [1.54, 1.807) is 0 Å². The topological polar surface area (TPSA) is 63.6 Å². The van der Waals surface area contributed by atoms with Gasteiger partial charge in [0.15, 0.2) is 6.61 Å². The first-order valence-corrected chi connectivity index (χ1v) is 3.83. The van der Waals surface area contributed by atoms with Gasteiger partial charge < -0.3 is 9.84 Å². The van der Waals surface area contributed by atoms with Crippen LogP contribution >= 0.6 is 0 Å². The van der Waals surface area contributed by atoms with Crippen LogP contribution in [0.2, 0.25) is 0 Å². The van der Waals surface area contributed by atoms with Gasteiger partial charge in [-0.15, -0.1) is 0 Å². The van der Waals surface area contributed by atoms with Crippen molar-refractivity contribution in [3.05, 3.63) is 11.3 Å². The summed E-state index contributed by atoms with van der Waals surface area (Å²) in [5, 5.41) is 9.39. The molecule has 1 aliphatic heterocycles. The summed E-state index contributed by atoms with van der Waals surface area (Å²) in [6.45, 7) is -0.217. The third kappa shape index (κ3) is 0.995. The van der Waals surface area contributed by atoms with E-state index in [0.29, 0.717) is 0 Å². The van der Waals surface area contributed by atoms with Gasteiger partial charge in [-0.1, -0.05) is 0 Å². The Morgan fingerprint density at radius 1 is 1.42 bits per heavy atom. The molecule has 64 valence electrons. The number of cyclic esters (lactones) is 1. The molecule has 0 atom stereocenters. The van der Waals surface area contributed by atoms with Crippen LogP contribution in [-0.4, -0.2) is 23.5 Å². The molecule has 0 aromatic carbocycles. The average molecular weight is 168 g/mol. The molecule has 0 bridgehead atoms. The second-order valence-corrected chi connectivity index (χ2v) is 3.03. The fourth-order valence-electron chi connectivity index (χ4n) is 1.20. The van der Waals surface area contributed by atoms with E-state index in [1.165, 1.54) is 0 Å². The van der Waals surface area contributed by atoms with Crippen molar-refractivity contribution >= 4 is 11.8 Å². The first-order chi connectivity index (χ1) is 5.70. The highest BCUT2D eigenvalue weighted by molar-refractivity contribution is 6.22. The Labute approximate surface area is 68.8 Å². The van der Waals surface area contributed by atoms with Gasteiger partial charge in [-0.3, -0.25) is 4.79 Å². The molecule has 1 N–H and O–H groups in total. The molecule has 1 saturated carbocycles. The van der Waals surface area contributed by atoms with Gasteiger partial charge in [0.2, 0.25) is 5.78 Å². The normalized spacial score (nSPS) is 27.3. The van der Waals surface area contributed by atoms with Crippen molar-refractivity contribution in [2.45, 2.75) is 12.8 Å². The van der Waals surface area contributed by atoms with E-state index in [0.717, 1.165) is 12.8 Å². The van der Waals surface area contributed by atoms with E-state index in [2.05, 4.69) is 4.74 Å². The van der Waals surface area contributed by atoms with Gasteiger partial charge in [-0.25, -0.2) is 4.79 Å². The number of carbonyl (C=O) groups is 2. The molecule has 0 aromatic rings. The van der Waals surface area contributed by atoms with Crippen molar-refractivity contribution in [3.63, 3.8) is 0 Å². The number of rotatable bonds is 1. The van der Waals surface area contributed by atoms with Crippen LogP contribution in [0.1, 0.15) is 12.8 Å². The van der Waals surface area contributed by atoms with Crippen molar-refractivity contribution in [1.82, 2.24) is 0 Å². The summed E-state index contributed by atoms with van der Waals surface area (Å²) in [6.07, 6.45) is 1.71. The van der Waals surface area contributed by atoms with Crippen LogP contribution in [0, 0.1) is 5.92 Å². The van der Waals surface area contributed by atoms with Crippen LogP contribution in [0.5, 0.6) is 0 Å². The SMILES string of the molecule is O=C1COC(=O)/C1=C(/O)C1CC1. The van der Waals surface area contributed by atoms with Gasteiger partial charge in [0.25, 0.3) is 0 Å². The molecular weight excluding hydrogens is 160 g/mol. The molecule has 1 heterocycles. The van der Waals surface area contributed by atoms with Crippen LogP contribution < -0.4 is 0 Å². The minimum atomic E-state index is -0.676. The highest BCUT2D eigenvalue weighted by Crippen LogP contribution is 2.37. The van der Waals surface area contributed by atoms with Crippen molar-refractivity contribution in [2.24, 2.45) is 5.92 Å². The number of hydrogen-bond donors (Lipinski definition) is 1. The van der Waals surface area contributed by atoms with E-state index >= 15 is 0 Å². The van der Waals surface area contributed by atoms with Gasteiger partial charge in [0.1, 0.15) is 11.3 Å². The molecule has 1 aliphatic carbocycles. The molecule has 0 radical (unpaired) electrons. The molecule has 0 spiro atoms. The lowest BCUT2D eigenvalue weighted by Gasteiger charge is -1.96. The number of esters is 1. The number of Topliss-reactive ketones (excluding diaryl/α,β-unsaturated/α-hetero) is 1. The Morgan fingerprint density at radius 3 is 2.50 bits per heavy atom. The average Bonchev–Trinajstić information content (AvgIpc) is 2.79. The number of aliphatic hydroxyl groups is 1. The van der Waals surface area contributed by atoms with Crippen molar-refractivity contribution in [3.8, 4) is 0 Å². The fourth-order valence-corrected chi connectivity index (χ4v) is 1.20. The molecule has 2 aliphatic rings. The summed E-state index contributed by atoms with van der Waals surface area (Å²) in [5.41, 5.74) is -0.127. The van der Waals surface area contributed by atoms with E-state index in [1.807, 2.05) is 0 Å². The summed E-state index contributed by atoms with van der Waals surface area (Å²) >= 11 is 0. The lowest BCUT2D eigenvalue weighted by molar-refractivity contribution is -0.135. The Morgan fingerprint density at radius 2 is 2.08 bits per heavy atom. The van der Waals surface area contributed by atoms with Crippen molar-refractivity contribution < 1.29 is 19.4 Å². The predicted molar refractivity (Wildman–Crippen MR) is 38.3 cm³/mol. The number of allylic oxidation sites excluding steroid dienone is 1. The highest BCUT2D eigenvalue weighted by Gasteiger charge is 2.38. The monoisotopic (exact) mass is 168 g/mol. The molecule has 1 saturated heterocycles. The number of ether oxygens (including phenoxy) is 1. The van der Waals surface area contributed by atoms with Crippen LogP contribution in [0.4, 0.5) is 0 Å². The zero-order valence-corrected chi connectivity index (χ0v) is 6.37. The Kier molecular flexibility index (Phi) is 1.43.